The number of benzene rings is 1. The van der Waals surface area contributed by atoms with Crippen LogP contribution in [-0.4, -0.2) is 35.4 Å². The van der Waals surface area contributed by atoms with E-state index in [0.29, 0.717) is 0 Å². The first kappa shape index (κ1) is 16.4. The molecule has 1 amide bonds. The molecule has 1 rings (SSSR count). The minimum Gasteiger partial charge on any atom is -0.487 e. The van der Waals surface area contributed by atoms with Crippen molar-refractivity contribution in [2.75, 3.05) is 13.7 Å². The second-order valence-electron chi connectivity index (χ2n) is 4.47. The summed E-state index contributed by atoms with van der Waals surface area (Å²) in [5.74, 6) is -0.448. The highest BCUT2D eigenvalue weighted by Crippen LogP contribution is 2.32. The molecule has 0 aliphatic heterocycles. The number of carbonyl (C=O) groups excluding carboxylic acids is 1. The highest BCUT2D eigenvalue weighted by atomic mass is 16.6. The Hall–Kier alpha value is -2.62. The zero-order valence-electron chi connectivity index (χ0n) is 12.2. The molecular weight excluding hydrogens is 274 g/mol. The van der Waals surface area contributed by atoms with Gasteiger partial charge in [-0.25, -0.2) is 0 Å². The maximum Gasteiger partial charge on any atom is 0.311 e. The number of nitriles is 1. The van der Waals surface area contributed by atoms with E-state index in [1.807, 2.05) is 6.07 Å². The quantitative estimate of drug-likeness (QED) is 0.592. The number of amides is 1. The zero-order chi connectivity index (χ0) is 16.0. The Balaban J connectivity index is 3.23. The third-order valence-electron chi connectivity index (χ3n) is 3.08. The standard InChI is InChI=1S/C14H17N3O4/c1-4-21-13-11(6-5-7-12(13)17(19)20)14(18)16(3)10(2)8-9-15/h5-7,10H,4,8H2,1-3H3. The first-order valence-electron chi connectivity index (χ1n) is 6.48. The van der Waals surface area contributed by atoms with Crippen LogP contribution < -0.4 is 4.74 Å². The SMILES string of the molecule is CCOc1c(C(=O)N(C)C(C)CC#N)cccc1[N+](=O)[O-]. The molecular formula is C14H17N3O4. The molecule has 7 heteroatoms. The number of ether oxygens (including phenoxy) is 1. The van der Waals surface area contributed by atoms with Crippen LogP contribution in [0, 0.1) is 21.4 Å². The summed E-state index contributed by atoms with van der Waals surface area (Å²) in [4.78, 5) is 24.3. The first-order valence-corrected chi connectivity index (χ1v) is 6.48. The molecule has 112 valence electrons. The highest BCUT2D eigenvalue weighted by Gasteiger charge is 2.26. The second-order valence-corrected chi connectivity index (χ2v) is 4.47. The Kier molecular flexibility index (Phi) is 5.67. The van der Waals surface area contributed by atoms with Crippen LogP contribution in [0.1, 0.15) is 30.6 Å². The van der Waals surface area contributed by atoms with Crippen LogP contribution >= 0.6 is 0 Å². The molecule has 0 fully saturated rings. The number of nitro groups is 1. The van der Waals surface area contributed by atoms with E-state index >= 15 is 0 Å². The minimum atomic E-state index is -0.583. The molecule has 1 unspecified atom stereocenters. The lowest BCUT2D eigenvalue weighted by molar-refractivity contribution is -0.385. The van der Waals surface area contributed by atoms with Crippen LogP contribution in [0.25, 0.3) is 0 Å². The summed E-state index contributed by atoms with van der Waals surface area (Å²) >= 11 is 0. The average Bonchev–Trinajstić information content (AvgIpc) is 2.46. The summed E-state index contributed by atoms with van der Waals surface area (Å²) in [5, 5.41) is 19.7. The molecule has 0 aliphatic rings. The van der Waals surface area contributed by atoms with Crippen LogP contribution in [0.15, 0.2) is 18.2 Å². The molecule has 0 bridgehead atoms. The number of nitro benzene ring substituents is 1. The number of para-hydroxylation sites is 1. The van der Waals surface area contributed by atoms with Gasteiger partial charge in [-0.2, -0.15) is 5.26 Å². The van der Waals surface area contributed by atoms with Crippen molar-refractivity contribution in [2.45, 2.75) is 26.3 Å². The molecule has 0 saturated heterocycles. The Morgan fingerprint density at radius 1 is 1.57 bits per heavy atom. The van der Waals surface area contributed by atoms with Gasteiger partial charge >= 0.3 is 5.69 Å². The molecule has 7 nitrogen and oxygen atoms in total. The second kappa shape index (κ2) is 7.24. The van der Waals surface area contributed by atoms with Gasteiger partial charge in [0.05, 0.1) is 29.6 Å². The van der Waals surface area contributed by atoms with E-state index in [1.54, 1.807) is 20.9 Å². The summed E-state index contributed by atoms with van der Waals surface area (Å²) < 4.78 is 5.29. The van der Waals surface area contributed by atoms with Gasteiger partial charge in [0.25, 0.3) is 5.91 Å². The monoisotopic (exact) mass is 291 g/mol. The summed E-state index contributed by atoms with van der Waals surface area (Å²) in [6.07, 6.45) is 0.182. The van der Waals surface area contributed by atoms with Gasteiger partial charge in [-0.05, 0) is 19.9 Å². The molecule has 0 spiro atoms. The molecule has 0 aliphatic carbocycles. The predicted molar refractivity (Wildman–Crippen MR) is 76.1 cm³/mol. The van der Waals surface area contributed by atoms with E-state index < -0.39 is 10.8 Å². The summed E-state index contributed by atoms with van der Waals surface area (Å²) in [7, 11) is 1.55. The van der Waals surface area contributed by atoms with Crippen molar-refractivity contribution in [3.63, 3.8) is 0 Å². The third kappa shape index (κ3) is 3.69. The van der Waals surface area contributed by atoms with Crippen LogP contribution in [0.5, 0.6) is 5.75 Å². The fraction of sp³-hybridized carbons (Fsp3) is 0.429. The topological polar surface area (TPSA) is 96.5 Å². The van der Waals surface area contributed by atoms with Gasteiger partial charge in [0.15, 0.2) is 0 Å². The van der Waals surface area contributed by atoms with Gasteiger partial charge in [0.2, 0.25) is 5.75 Å². The van der Waals surface area contributed by atoms with Crippen molar-refractivity contribution in [2.24, 2.45) is 0 Å². The number of carbonyl (C=O) groups is 1. The molecule has 0 heterocycles. The Labute approximate surface area is 122 Å². The Morgan fingerprint density at radius 2 is 2.24 bits per heavy atom. The number of hydrogen-bond donors (Lipinski definition) is 0. The van der Waals surface area contributed by atoms with E-state index in [9.17, 15) is 14.9 Å². The fourth-order valence-corrected chi connectivity index (χ4v) is 1.79. The van der Waals surface area contributed by atoms with Crippen molar-refractivity contribution >= 4 is 11.6 Å². The highest BCUT2D eigenvalue weighted by molar-refractivity contribution is 5.98. The molecule has 0 saturated carbocycles. The van der Waals surface area contributed by atoms with Gasteiger partial charge in [0, 0.05) is 19.2 Å². The third-order valence-corrected chi connectivity index (χ3v) is 3.08. The summed E-state index contributed by atoms with van der Waals surface area (Å²) in [5.41, 5.74) is -0.123. The summed E-state index contributed by atoms with van der Waals surface area (Å²) in [6, 6.07) is 5.91. The van der Waals surface area contributed by atoms with Crippen molar-refractivity contribution in [1.29, 1.82) is 5.26 Å². The molecule has 0 radical (unpaired) electrons. The Bertz CT molecular complexity index is 580. The minimum absolute atomic E-state index is 0.0361. The molecule has 1 atom stereocenters. The van der Waals surface area contributed by atoms with Crippen molar-refractivity contribution in [3.05, 3.63) is 33.9 Å². The normalized spacial score (nSPS) is 11.3. The fourth-order valence-electron chi connectivity index (χ4n) is 1.79. The van der Waals surface area contributed by atoms with Gasteiger partial charge in [-0.1, -0.05) is 6.07 Å². The molecule has 0 aromatic heterocycles. The lowest BCUT2D eigenvalue weighted by Crippen LogP contribution is -2.35. The van der Waals surface area contributed by atoms with Crippen molar-refractivity contribution in [1.82, 2.24) is 4.90 Å². The Morgan fingerprint density at radius 3 is 2.76 bits per heavy atom. The van der Waals surface area contributed by atoms with Crippen LogP contribution in [-0.2, 0) is 0 Å². The summed E-state index contributed by atoms with van der Waals surface area (Å²) in [6.45, 7) is 3.63. The van der Waals surface area contributed by atoms with E-state index in [2.05, 4.69) is 0 Å². The van der Waals surface area contributed by atoms with Crippen molar-refractivity contribution < 1.29 is 14.5 Å². The lowest BCUT2D eigenvalue weighted by atomic mass is 10.1. The molecule has 1 aromatic carbocycles. The molecule has 21 heavy (non-hydrogen) atoms. The average molecular weight is 291 g/mol. The van der Waals surface area contributed by atoms with Gasteiger partial charge < -0.3 is 9.64 Å². The molecule has 0 N–H and O–H groups in total. The van der Waals surface area contributed by atoms with Gasteiger partial charge in [-0.3, -0.25) is 14.9 Å². The van der Waals surface area contributed by atoms with Crippen molar-refractivity contribution in [3.8, 4) is 11.8 Å². The van der Waals surface area contributed by atoms with E-state index in [0.717, 1.165) is 0 Å². The van der Waals surface area contributed by atoms with E-state index in [4.69, 9.17) is 10.00 Å². The van der Waals surface area contributed by atoms with Crippen LogP contribution in [0.4, 0.5) is 5.69 Å². The van der Waals surface area contributed by atoms with E-state index in [1.165, 1.54) is 23.1 Å². The van der Waals surface area contributed by atoms with E-state index in [-0.39, 0.29) is 36.1 Å². The predicted octanol–water partition coefficient (Wildman–Crippen LogP) is 2.37. The number of nitrogens with zero attached hydrogens (tertiary/aromatic N) is 3. The molecule has 1 aromatic rings. The number of hydrogen-bond acceptors (Lipinski definition) is 5. The lowest BCUT2D eigenvalue weighted by Gasteiger charge is -2.23. The maximum atomic E-state index is 12.4. The maximum absolute atomic E-state index is 12.4. The first-order chi connectivity index (χ1) is 9.93. The smallest absolute Gasteiger partial charge is 0.311 e. The number of rotatable bonds is 6. The van der Waals surface area contributed by atoms with Gasteiger partial charge in [0.1, 0.15) is 0 Å². The van der Waals surface area contributed by atoms with Gasteiger partial charge in [-0.15, -0.1) is 0 Å². The zero-order valence-corrected chi connectivity index (χ0v) is 12.2. The van der Waals surface area contributed by atoms with Crippen LogP contribution in [0.3, 0.4) is 0 Å². The largest absolute Gasteiger partial charge is 0.487 e. The van der Waals surface area contributed by atoms with Crippen LogP contribution in [0.2, 0.25) is 0 Å².